The van der Waals surface area contributed by atoms with E-state index in [2.05, 4.69) is 15.2 Å². The normalized spacial score (nSPS) is 10.8. The smallest absolute Gasteiger partial charge is 0.256 e. The van der Waals surface area contributed by atoms with Gasteiger partial charge in [0.1, 0.15) is 0 Å². The molecule has 1 aromatic carbocycles. The monoisotopic (exact) mass is 282 g/mol. The van der Waals surface area contributed by atoms with Crippen LogP contribution < -0.4 is 0 Å². The van der Waals surface area contributed by atoms with E-state index in [-0.39, 0.29) is 12.5 Å². The van der Waals surface area contributed by atoms with Crippen molar-refractivity contribution in [3.05, 3.63) is 53.9 Å². The van der Waals surface area contributed by atoms with E-state index in [9.17, 15) is 4.79 Å². The van der Waals surface area contributed by atoms with E-state index in [4.69, 9.17) is 4.42 Å². The van der Waals surface area contributed by atoms with Gasteiger partial charge in [0.25, 0.3) is 5.91 Å². The minimum absolute atomic E-state index is 0.129. The first kappa shape index (κ1) is 13.2. The van der Waals surface area contributed by atoms with Crippen molar-refractivity contribution in [2.75, 3.05) is 7.05 Å². The molecule has 106 valence electrons. The molecule has 2 heterocycles. The van der Waals surface area contributed by atoms with Gasteiger partial charge in [-0.25, -0.2) is 0 Å². The van der Waals surface area contributed by atoms with Crippen LogP contribution in [0.15, 0.2) is 40.9 Å². The van der Waals surface area contributed by atoms with Crippen molar-refractivity contribution >= 4 is 16.8 Å². The lowest BCUT2D eigenvalue weighted by atomic mass is 10.1. The first-order chi connectivity index (χ1) is 10.1. The Hall–Kier alpha value is -2.76. The third-order valence-electron chi connectivity index (χ3n) is 3.15. The van der Waals surface area contributed by atoms with Crippen LogP contribution in [0.2, 0.25) is 0 Å². The molecule has 0 saturated carbocycles. The summed E-state index contributed by atoms with van der Waals surface area (Å²) in [7, 11) is 1.70. The maximum Gasteiger partial charge on any atom is 0.256 e. The molecule has 6 heteroatoms. The zero-order chi connectivity index (χ0) is 14.8. The summed E-state index contributed by atoms with van der Waals surface area (Å²) in [4.78, 5) is 18.4. The molecule has 21 heavy (non-hydrogen) atoms. The van der Waals surface area contributed by atoms with Crippen LogP contribution in [0.25, 0.3) is 10.9 Å². The molecule has 0 spiro atoms. The number of carbonyl (C=O) groups is 1. The molecule has 0 N–H and O–H groups in total. The summed E-state index contributed by atoms with van der Waals surface area (Å²) < 4.78 is 5.30. The molecule has 6 nitrogen and oxygen atoms in total. The van der Waals surface area contributed by atoms with E-state index in [1.165, 1.54) is 4.90 Å². The highest BCUT2D eigenvalue weighted by Crippen LogP contribution is 2.18. The van der Waals surface area contributed by atoms with Crippen molar-refractivity contribution in [2.45, 2.75) is 13.5 Å². The third-order valence-corrected chi connectivity index (χ3v) is 3.15. The van der Waals surface area contributed by atoms with E-state index < -0.39 is 0 Å². The van der Waals surface area contributed by atoms with Crippen molar-refractivity contribution < 1.29 is 9.21 Å². The number of rotatable bonds is 3. The fourth-order valence-electron chi connectivity index (χ4n) is 2.16. The van der Waals surface area contributed by atoms with Gasteiger partial charge in [-0.3, -0.25) is 9.78 Å². The summed E-state index contributed by atoms with van der Waals surface area (Å²) in [5.41, 5.74) is 1.25. The first-order valence-electron chi connectivity index (χ1n) is 6.53. The summed E-state index contributed by atoms with van der Waals surface area (Å²) in [6.45, 7) is 1.98. The quantitative estimate of drug-likeness (QED) is 0.736. The number of fused-ring (bicyclic) bond motifs is 1. The van der Waals surface area contributed by atoms with Crippen LogP contribution in [0, 0.1) is 6.92 Å². The Kier molecular flexibility index (Phi) is 3.35. The highest BCUT2D eigenvalue weighted by atomic mass is 16.4. The third kappa shape index (κ3) is 2.60. The Bertz CT molecular complexity index is 792. The van der Waals surface area contributed by atoms with Gasteiger partial charge in [-0.1, -0.05) is 18.2 Å². The Morgan fingerprint density at radius 3 is 2.81 bits per heavy atom. The highest BCUT2D eigenvalue weighted by molar-refractivity contribution is 6.05. The van der Waals surface area contributed by atoms with E-state index in [1.54, 1.807) is 26.2 Å². The van der Waals surface area contributed by atoms with Gasteiger partial charge in [-0.15, -0.1) is 10.2 Å². The van der Waals surface area contributed by atoms with Gasteiger partial charge < -0.3 is 9.32 Å². The minimum atomic E-state index is -0.129. The van der Waals surface area contributed by atoms with Crippen LogP contribution >= 0.6 is 0 Å². The van der Waals surface area contributed by atoms with E-state index >= 15 is 0 Å². The van der Waals surface area contributed by atoms with E-state index in [1.807, 2.05) is 24.3 Å². The molecule has 0 aliphatic carbocycles. The predicted molar refractivity (Wildman–Crippen MR) is 76.6 cm³/mol. The molecule has 0 unspecified atom stereocenters. The SMILES string of the molecule is Cc1nnc(CN(C)C(=O)c2cccc3cccnc23)o1. The number of amides is 1. The van der Waals surface area contributed by atoms with Crippen LogP contribution in [0.3, 0.4) is 0 Å². The van der Waals surface area contributed by atoms with E-state index in [0.29, 0.717) is 22.9 Å². The molecule has 3 aromatic rings. The number of pyridine rings is 1. The molecule has 3 rings (SSSR count). The van der Waals surface area contributed by atoms with Gasteiger partial charge >= 0.3 is 0 Å². The number of hydrogen-bond donors (Lipinski definition) is 0. The lowest BCUT2D eigenvalue weighted by Gasteiger charge is -2.15. The Morgan fingerprint density at radius 2 is 2.05 bits per heavy atom. The number of hydrogen-bond acceptors (Lipinski definition) is 5. The summed E-state index contributed by atoms with van der Waals surface area (Å²) in [6.07, 6.45) is 1.68. The lowest BCUT2D eigenvalue weighted by Crippen LogP contribution is -2.26. The number of aromatic nitrogens is 3. The first-order valence-corrected chi connectivity index (χ1v) is 6.53. The molecule has 0 bridgehead atoms. The van der Waals surface area contributed by atoms with Gasteiger partial charge in [-0.05, 0) is 12.1 Å². The van der Waals surface area contributed by atoms with Gasteiger partial charge in [-0.2, -0.15) is 0 Å². The predicted octanol–water partition coefficient (Wildman–Crippen LogP) is 2.20. The van der Waals surface area contributed by atoms with Crippen LogP contribution in [0.4, 0.5) is 0 Å². The molecular formula is C15H14N4O2. The van der Waals surface area contributed by atoms with Crippen molar-refractivity contribution in [1.82, 2.24) is 20.1 Å². The number of nitrogens with zero attached hydrogens (tertiary/aromatic N) is 4. The second-order valence-electron chi connectivity index (χ2n) is 4.76. The summed E-state index contributed by atoms with van der Waals surface area (Å²) in [5.74, 6) is 0.768. The van der Waals surface area contributed by atoms with Crippen LogP contribution in [-0.4, -0.2) is 33.0 Å². The number of benzene rings is 1. The van der Waals surface area contributed by atoms with Crippen molar-refractivity contribution in [2.24, 2.45) is 0 Å². The second-order valence-corrected chi connectivity index (χ2v) is 4.76. The summed E-state index contributed by atoms with van der Waals surface area (Å²) in [6, 6.07) is 9.33. The van der Waals surface area contributed by atoms with Gasteiger partial charge in [0.05, 0.1) is 17.6 Å². The van der Waals surface area contributed by atoms with Crippen LogP contribution in [0.5, 0.6) is 0 Å². The molecule has 0 atom stereocenters. The fourth-order valence-corrected chi connectivity index (χ4v) is 2.16. The molecule has 0 fully saturated rings. The maximum atomic E-state index is 12.6. The molecule has 2 aromatic heterocycles. The van der Waals surface area contributed by atoms with Crippen LogP contribution in [-0.2, 0) is 6.54 Å². The lowest BCUT2D eigenvalue weighted by molar-refractivity contribution is 0.0774. The minimum Gasteiger partial charge on any atom is -0.424 e. The van der Waals surface area contributed by atoms with Gasteiger partial charge in [0.2, 0.25) is 11.8 Å². The Balaban J connectivity index is 1.89. The summed E-state index contributed by atoms with van der Waals surface area (Å²) >= 11 is 0. The molecular weight excluding hydrogens is 268 g/mol. The Labute approximate surface area is 121 Å². The largest absolute Gasteiger partial charge is 0.424 e. The molecule has 0 aliphatic heterocycles. The standard InChI is InChI=1S/C15H14N4O2/c1-10-17-18-13(21-10)9-19(2)15(20)12-7-3-5-11-6-4-8-16-14(11)12/h3-8H,9H2,1-2H3. The number of carbonyl (C=O) groups excluding carboxylic acids is 1. The average Bonchev–Trinajstić information content (AvgIpc) is 2.91. The van der Waals surface area contributed by atoms with Gasteiger partial charge in [0, 0.05) is 25.6 Å². The van der Waals surface area contributed by atoms with Crippen molar-refractivity contribution in [1.29, 1.82) is 0 Å². The zero-order valence-corrected chi connectivity index (χ0v) is 11.8. The zero-order valence-electron chi connectivity index (χ0n) is 11.8. The summed E-state index contributed by atoms with van der Waals surface area (Å²) in [5, 5.41) is 8.59. The van der Waals surface area contributed by atoms with Crippen molar-refractivity contribution in [3.63, 3.8) is 0 Å². The van der Waals surface area contributed by atoms with Crippen LogP contribution in [0.1, 0.15) is 22.1 Å². The molecule has 0 radical (unpaired) electrons. The van der Waals surface area contributed by atoms with E-state index in [0.717, 1.165) is 5.39 Å². The molecule has 0 saturated heterocycles. The number of para-hydroxylation sites is 1. The maximum absolute atomic E-state index is 12.6. The van der Waals surface area contributed by atoms with Gasteiger partial charge in [0.15, 0.2) is 0 Å². The second kappa shape index (κ2) is 5.32. The molecule has 0 aliphatic rings. The van der Waals surface area contributed by atoms with Crippen molar-refractivity contribution in [3.8, 4) is 0 Å². The Morgan fingerprint density at radius 1 is 1.24 bits per heavy atom. The topological polar surface area (TPSA) is 72.1 Å². The molecule has 1 amide bonds. The average molecular weight is 282 g/mol. The number of aryl methyl sites for hydroxylation is 1. The fraction of sp³-hybridized carbons (Fsp3) is 0.200. The highest BCUT2D eigenvalue weighted by Gasteiger charge is 2.17.